The van der Waals surface area contributed by atoms with Crippen LogP contribution in [-0.2, 0) is 20.7 Å². The lowest BCUT2D eigenvalue weighted by Crippen LogP contribution is -2.28. The van der Waals surface area contributed by atoms with Gasteiger partial charge in [0.2, 0.25) is 11.5 Å². The summed E-state index contributed by atoms with van der Waals surface area (Å²) in [7, 11) is 2.81. The third-order valence-corrected chi connectivity index (χ3v) is 4.01. The fourth-order valence-electron chi connectivity index (χ4n) is 2.85. The van der Waals surface area contributed by atoms with E-state index in [1.165, 1.54) is 32.4 Å². The molecule has 1 aromatic carbocycles. The largest absolute Gasteiger partial charge is 0.504 e. The van der Waals surface area contributed by atoms with Gasteiger partial charge in [0.15, 0.2) is 23.0 Å². The number of phenols is 1. The Morgan fingerprint density at radius 3 is 2.61 bits per heavy atom. The lowest BCUT2D eigenvalue weighted by molar-refractivity contribution is -0.117. The topological polar surface area (TPSA) is 82.1 Å². The number of carbonyl (C=O) groups is 2. The van der Waals surface area contributed by atoms with Gasteiger partial charge in [-0.1, -0.05) is 6.07 Å². The second-order valence-corrected chi connectivity index (χ2v) is 5.36. The summed E-state index contributed by atoms with van der Waals surface area (Å²) in [6, 6.07) is 3.25. The van der Waals surface area contributed by atoms with Crippen molar-refractivity contribution in [3.8, 4) is 17.2 Å². The zero-order valence-corrected chi connectivity index (χ0v) is 12.8. The molecule has 1 N–H and O–H groups in total. The lowest BCUT2D eigenvalue weighted by atomic mass is 9.85. The molecule has 0 amide bonds. The highest BCUT2D eigenvalue weighted by molar-refractivity contribution is 6.19. The Hall–Kier alpha value is -2.76. The normalized spacial score (nSPS) is 20.2. The molecule has 0 saturated heterocycles. The Morgan fingerprint density at radius 1 is 1.13 bits per heavy atom. The standard InChI is InChI=1S/C17H16O6/c1-21-15-7-13(19)11(6-14(15)20)10-5-9-3-4-12(18)17(22-2)16(9)23-8-10/h3-4,6-7,10,18H,5,8H2,1-2H3/t10-/m0/s1. The smallest absolute Gasteiger partial charge is 0.220 e. The van der Waals surface area contributed by atoms with Gasteiger partial charge in [0, 0.05) is 17.6 Å². The van der Waals surface area contributed by atoms with Gasteiger partial charge in [0.25, 0.3) is 0 Å². The van der Waals surface area contributed by atoms with E-state index >= 15 is 0 Å². The average molecular weight is 316 g/mol. The molecule has 1 heterocycles. The van der Waals surface area contributed by atoms with Gasteiger partial charge >= 0.3 is 0 Å². The second-order valence-electron chi connectivity index (χ2n) is 5.36. The zero-order chi connectivity index (χ0) is 16.6. The summed E-state index contributed by atoms with van der Waals surface area (Å²) in [6.45, 7) is 0.230. The first-order chi connectivity index (χ1) is 11.0. The highest BCUT2D eigenvalue weighted by Gasteiger charge is 2.32. The number of aromatic hydroxyl groups is 1. The van der Waals surface area contributed by atoms with E-state index in [4.69, 9.17) is 14.2 Å². The first-order valence-electron chi connectivity index (χ1n) is 7.12. The van der Waals surface area contributed by atoms with E-state index in [0.717, 1.165) is 5.56 Å². The fraction of sp³-hybridized carbons (Fsp3) is 0.294. The van der Waals surface area contributed by atoms with Gasteiger partial charge in [0.05, 0.1) is 20.8 Å². The van der Waals surface area contributed by atoms with Crippen LogP contribution in [0.2, 0.25) is 0 Å². The monoisotopic (exact) mass is 316 g/mol. The summed E-state index contributed by atoms with van der Waals surface area (Å²) < 4.78 is 15.7. The number of fused-ring (bicyclic) bond motifs is 1. The third kappa shape index (κ3) is 2.56. The molecule has 1 aliphatic carbocycles. The first-order valence-corrected chi connectivity index (χ1v) is 7.12. The molecular formula is C17H16O6. The summed E-state index contributed by atoms with van der Waals surface area (Å²) in [5, 5.41) is 9.78. The van der Waals surface area contributed by atoms with Crippen LogP contribution in [0.4, 0.5) is 0 Å². The molecule has 120 valence electrons. The molecule has 0 spiro atoms. The summed E-state index contributed by atoms with van der Waals surface area (Å²) in [5.74, 6) is 0.000793. The number of rotatable bonds is 3. The molecule has 1 aromatic rings. The van der Waals surface area contributed by atoms with Crippen molar-refractivity contribution < 1.29 is 28.9 Å². The van der Waals surface area contributed by atoms with E-state index in [1.807, 2.05) is 0 Å². The van der Waals surface area contributed by atoms with Crippen molar-refractivity contribution in [3.63, 3.8) is 0 Å². The summed E-state index contributed by atoms with van der Waals surface area (Å²) >= 11 is 0. The minimum atomic E-state index is -0.323. The van der Waals surface area contributed by atoms with E-state index in [1.54, 1.807) is 6.07 Å². The van der Waals surface area contributed by atoms with E-state index in [9.17, 15) is 14.7 Å². The van der Waals surface area contributed by atoms with Gasteiger partial charge in [-0.25, -0.2) is 0 Å². The van der Waals surface area contributed by atoms with E-state index in [0.29, 0.717) is 17.7 Å². The Morgan fingerprint density at radius 2 is 1.91 bits per heavy atom. The Kier molecular flexibility index (Phi) is 3.82. The molecule has 2 aliphatic rings. The minimum Gasteiger partial charge on any atom is -0.504 e. The first kappa shape index (κ1) is 15.1. The van der Waals surface area contributed by atoms with E-state index < -0.39 is 0 Å². The Labute approximate surface area is 133 Å². The van der Waals surface area contributed by atoms with Crippen molar-refractivity contribution in [2.24, 2.45) is 5.92 Å². The quantitative estimate of drug-likeness (QED) is 0.852. The molecule has 0 bridgehead atoms. The number of allylic oxidation sites excluding steroid dienone is 2. The van der Waals surface area contributed by atoms with Crippen molar-refractivity contribution in [2.75, 3.05) is 20.8 Å². The number of hydrogen-bond acceptors (Lipinski definition) is 6. The van der Waals surface area contributed by atoms with Gasteiger partial charge < -0.3 is 19.3 Å². The summed E-state index contributed by atoms with van der Waals surface area (Å²) in [5.41, 5.74) is 1.23. The van der Waals surface area contributed by atoms with E-state index in [-0.39, 0.29) is 41.3 Å². The van der Waals surface area contributed by atoms with Crippen LogP contribution in [0.1, 0.15) is 5.56 Å². The molecule has 23 heavy (non-hydrogen) atoms. The van der Waals surface area contributed by atoms with Crippen LogP contribution in [0.15, 0.2) is 35.6 Å². The van der Waals surface area contributed by atoms with Crippen molar-refractivity contribution in [1.82, 2.24) is 0 Å². The van der Waals surface area contributed by atoms with Crippen LogP contribution in [0, 0.1) is 5.92 Å². The fourth-order valence-corrected chi connectivity index (χ4v) is 2.85. The molecule has 6 heteroatoms. The molecule has 6 nitrogen and oxygen atoms in total. The molecule has 0 saturated carbocycles. The number of phenolic OH excluding ortho intramolecular Hbond substituents is 1. The molecule has 1 atom stereocenters. The van der Waals surface area contributed by atoms with Crippen LogP contribution in [0.3, 0.4) is 0 Å². The summed E-state index contributed by atoms with van der Waals surface area (Å²) in [4.78, 5) is 24.1. The maximum atomic E-state index is 12.2. The molecule has 0 unspecified atom stereocenters. The predicted octanol–water partition coefficient (Wildman–Crippen LogP) is 1.56. The molecule has 0 radical (unpaired) electrons. The van der Waals surface area contributed by atoms with Crippen molar-refractivity contribution in [3.05, 3.63) is 41.2 Å². The number of hydrogen-bond donors (Lipinski definition) is 1. The van der Waals surface area contributed by atoms with Crippen molar-refractivity contribution in [2.45, 2.75) is 6.42 Å². The molecular weight excluding hydrogens is 300 g/mol. The average Bonchev–Trinajstić information content (AvgIpc) is 2.56. The number of ether oxygens (including phenoxy) is 3. The van der Waals surface area contributed by atoms with Crippen LogP contribution in [0.5, 0.6) is 17.2 Å². The van der Waals surface area contributed by atoms with E-state index in [2.05, 4.69) is 0 Å². The van der Waals surface area contributed by atoms with Gasteiger partial charge in [-0.2, -0.15) is 0 Å². The summed E-state index contributed by atoms with van der Waals surface area (Å²) in [6.07, 6.45) is 3.05. The minimum absolute atomic E-state index is 0.000468. The van der Waals surface area contributed by atoms with Crippen molar-refractivity contribution in [1.29, 1.82) is 0 Å². The molecule has 1 aliphatic heterocycles. The number of benzene rings is 1. The highest BCUT2D eigenvalue weighted by atomic mass is 16.5. The zero-order valence-electron chi connectivity index (χ0n) is 12.8. The van der Waals surface area contributed by atoms with Crippen LogP contribution in [-0.4, -0.2) is 37.5 Å². The number of methoxy groups -OCH3 is 2. The maximum absolute atomic E-state index is 12.2. The van der Waals surface area contributed by atoms with Crippen molar-refractivity contribution >= 4 is 11.6 Å². The lowest BCUT2D eigenvalue weighted by Gasteiger charge is -2.28. The predicted molar refractivity (Wildman–Crippen MR) is 80.5 cm³/mol. The number of carbonyl (C=O) groups excluding carboxylic acids is 2. The van der Waals surface area contributed by atoms with Gasteiger partial charge in [0.1, 0.15) is 0 Å². The maximum Gasteiger partial charge on any atom is 0.220 e. The Bertz CT molecular complexity index is 744. The highest BCUT2D eigenvalue weighted by Crippen LogP contribution is 2.43. The van der Waals surface area contributed by atoms with Crippen LogP contribution < -0.4 is 9.47 Å². The second kappa shape index (κ2) is 5.79. The third-order valence-electron chi connectivity index (χ3n) is 4.01. The number of ketones is 2. The van der Waals surface area contributed by atoms with Gasteiger partial charge in [-0.05, 0) is 24.1 Å². The van der Waals surface area contributed by atoms with Gasteiger partial charge in [-0.3, -0.25) is 9.59 Å². The van der Waals surface area contributed by atoms with Gasteiger partial charge in [-0.15, -0.1) is 0 Å². The van der Waals surface area contributed by atoms with Crippen LogP contribution in [0.25, 0.3) is 0 Å². The Balaban J connectivity index is 1.89. The molecule has 3 rings (SSSR count). The molecule has 0 aromatic heterocycles. The molecule has 0 fully saturated rings. The van der Waals surface area contributed by atoms with Crippen LogP contribution >= 0.6 is 0 Å². The SMILES string of the molecule is COC1=CC(=O)C([C@@H]2COc3c(ccc(O)c3OC)C2)=CC1=O.